The average Bonchev–Trinajstić information content (AvgIpc) is 2.93. The molecule has 2 heterocycles. The molecule has 0 aliphatic heterocycles. The fourth-order valence-corrected chi connectivity index (χ4v) is 2.87. The molecule has 0 radical (unpaired) electrons. The van der Waals surface area contributed by atoms with Crippen molar-refractivity contribution in [3.05, 3.63) is 52.5 Å². The lowest BCUT2D eigenvalue weighted by molar-refractivity contribution is 0.155. The first-order valence-electron chi connectivity index (χ1n) is 6.55. The van der Waals surface area contributed by atoms with Gasteiger partial charge in [0, 0.05) is 23.2 Å². The second-order valence-electron chi connectivity index (χ2n) is 4.81. The minimum atomic E-state index is -0.390. The standard InChI is InChI=1S/C15H20N2OS/c1-11(10-14(18)15-7-5-9-19-15)17-12(2)13-6-3-4-8-16-13/h3-9,11-12,14,17-18H,10H2,1-2H3. The summed E-state index contributed by atoms with van der Waals surface area (Å²) in [6, 6.07) is 10.3. The molecular weight excluding hydrogens is 256 g/mol. The van der Waals surface area contributed by atoms with Crippen LogP contribution in [0.2, 0.25) is 0 Å². The molecule has 0 aliphatic rings. The Hall–Kier alpha value is -1.23. The molecule has 3 nitrogen and oxygen atoms in total. The first-order valence-corrected chi connectivity index (χ1v) is 7.43. The third-order valence-corrected chi connectivity index (χ3v) is 4.09. The van der Waals surface area contributed by atoms with Crippen molar-refractivity contribution in [1.29, 1.82) is 0 Å². The second kappa shape index (κ2) is 6.80. The van der Waals surface area contributed by atoms with E-state index in [9.17, 15) is 5.11 Å². The maximum Gasteiger partial charge on any atom is 0.0896 e. The largest absolute Gasteiger partial charge is 0.388 e. The van der Waals surface area contributed by atoms with Crippen molar-refractivity contribution in [2.75, 3.05) is 0 Å². The summed E-state index contributed by atoms with van der Waals surface area (Å²) in [5.74, 6) is 0. The van der Waals surface area contributed by atoms with E-state index in [-0.39, 0.29) is 12.1 Å². The molecule has 2 aromatic heterocycles. The van der Waals surface area contributed by atoms with E-state index in [1.54, 1.807) is 17.5 Å². The van der Waals surface area contributed by atoms with E-state index < -0.39 is 6.10 Å². The Kier molecular flexibility index (Phi) is 5.07. The summed E-state index contributed by atoms with van der Waals surface area (Å²) in [7, 11) is 0. The summed E-state index contributed by atoms with van der Waals surface area (Å²) >= 11 is 1.60. The Morgan fingerprint density at radius 2 is 2.11 bits per heavy atom. The molecule has 2 rings (SSSR count). The van der Waals surface area contributed by atoms with Crippen LogP contribution in [0.3, 0.4) is 0 Å². The van der Waals surface area contributed by atoms with E-state index in [2.05, 4.69) is 24.1 Å². The second-order valence-corrected chi connectivity index (χ2v) is 5.79. The molecule has 102 valence electrons. The van der Waals surface area contributed by atoms with E-state index in [4.69, 9.17) is 0 Å². The Morgan fingerprint density at radius 3 is 2.74 bits per heavy atom. The quantitative estimate of drug-likeness (QED) is 0.851. The van der Waals surface area contributed by atoms with E-state index in [0.29, 0.717) is 6.42 Å². The summed E-state index contributed by atoms with van der Waals surface area (Å²) in [6.07, 6.45) is 2.12. The number of aliphatic hydroxyl groups is 1. The van der Waals surface area contributed by atoms with E-state index in [0.717, 1.165) is 10.6 Å². The van der Waals surface area contributed by atoms with Crippen molar-refractivity contribution in [2.24, 2.45) is 0 Å². The highest BCUT2D eigenvalue weighted by molar-refractivity contribution is 7.10. The molecule has 2 aromatic rings. The van der Waals surface area contributed by atoms with Gasteiger partial charge in [-0.2, -0.15) is 0 Å². The Bertz CT molecular complexity index is 472. The molecule has 0 aromatic carbocycles. The molecule has 2 N–H and O–H groups in total. The number of thiophene rings is 1. The first-order chi connectivity index (χ1) is 9.16. The van der Waals surface area contributed by atoms with Crippen molar-refractivity contribution in [3.8, 4) is 0 Å². The molecule has 3 unspecified atom stereocenters. The highest BCUT2D eigenvalue weighted by Gasteiger charge is 2.15. The lowest BCUT2D eigenvalue weighted by Gasteiger charge is -2.21. The number of rotatable bonds is 6. The van der Waals surface area contributed by atoms with Gasteiger partial charge in [-0.1, -0.05) is 12.1 Å². The fourth-order valence-electron chi connectivity index (χ4n) is 2.14. The van der Waals surface area contributed by atoms with Crippen molar-refractivity contribution >= 4 is 11.3 Å². The van der Waals surface area contributed by atoms with Crippen molar-refractivity contribution < 1.29 is 5.11 Å². The number of aromatic nitrogens is 1. The van der Waals surface area contributed by atoms with Crippen molar-refractivity contribution in [3.63, 3.8) is 0 Å². The molecule has 0 fully saturated rings. The van der Waals surface area contributed by atoms with Crippen LogP contribution in [0.5, 0.6) is 0 Å². The Labute approximate surface area is 118 Å². The van der Waals surface area contributed by atoms with Gasteiger partial charge in [-0.25, -0.2) is 0 Å². The molecular formula is C15H20N2OS. The Morgan fingerprint density at radius 1 is 1.26 bits per heavy atom. The van der Waals surface area contributed by atoms with Crippen LogP contribution >= 0.6 is 11.3 Å². The van der Waals surface area contributed by atoms with Crippen molar-refractivity contribution in [2.45, 2.75) is 38.5 Å². The summed E-state index contributed by atoms with van der Waals surface area (Å²) in [4.78, 5) is 5.36. The lowest BCUT2D eigenvalue weighted by Crippen LogP contribution is -2.30. The number of nitrogens with zero attached hydrogens (tertiary/aromatic N) is 1. The van der Waals surface area contributed by atoms with Gasteiger partial charge in [-0.05, 0) is 43.8 Å². The van der Waals surface area contributed by atoms with Crippen LogP contribution in [0, 0.1) is 0 Å². The molecule has 0 spiro atoms. The van der Waals surface area contributed by atoms with Crippen LogP contribution in [-0.4, -0.2) is 16.1 Å². The van der Waals surface area contributed by atoms with E-state index in [1.165, 1.54) is 0 Å². The number of hydrogen-bond donors (Lipinski definition) is 2. The van der Waals surface area contributed by atoms with Crippen LogP contribution < -0.4 is 5.32 Å². The minimum Gasteiger partial charge on any atom is -0.388 e. The molecule has 0 saturated heterocycles. The summed E-state index contributed by atoms with van der Waals surface area (Å²) in [5, 5.41) is 15.6. The van der Waals surface area contributed by atoms with Crippen LogP contribution in [0.15, 0.2) is 41.9 Å². The number of pyridine rings is 1. The summed E-state index contributed by atoms with van der Waals surface area (Å²) in [5.41, 5.74) is 1.03. The third-order valence-electron chi connectivity index (χ3n) is 3.11. The molecule has 4 heteroatoms. The molecule has 0 aliphatic carbocycles. The molecule has 0 bridgehead atoms. The fraction of sp³-hybridized carbons (Fsp3) is 0.400. The van der Waals surface area contributed by atoms with Gasteiger partial charge in [-0.3, -0.25) is 4.98 Å². The van der Waals surface area contributed by atoms with Gasteiger partial charge in [-0.15, -0.1) is 11.3 Å². The zero-order valence-electron chi connectivity index (χ0n) is 11.3. The Balaban J connectivity index is 1.86. The highest BCUT2D eigenvalue weighted by atomic mass is 32.1. The average molecular weight is 276 g/mol. The minimum absolute atomic E-state index is 0.187. The zero-order chi connectivity index (χ0) is 13.7. The monoisotopic (exact) mass is 276 g/mol. The van der Waals surface area contributed by atoms with Crippen LogP contribution in [0.1, 0.15) is 43.0 Å². The third kappa shape index (κ3) is 4.13. The van der Waals surface area contributed by atoms with Gasteiger partial charge in [0.05, 0.1) is 11.8 Å². The van der Waals surface area contributed by atoms with Gasteiger partial charge in [0.1, 0.15) is 0 Å². The highest BCUT2D eigenvalue weighted by Crippen LogP contribution is 2.23. The van der Waals surface area contributed by atoms with Gasteiger partial charge in [0.15, 0.2) is 0 Å². The number of aliphatic hydroxyl groups excluding tert-OH is 1. The van der Waals surface area contributed by atoms with Gasteiger partial charge < -0.3 is 10.4 Å². The number of hydrogen-bond acceptors (Lipinski definition) is 4. The summed E-state index contributed by atoms with van der Waals surface area (Å²) in [6.45, 7) is 4.19. The van der Waals surface area contributed by atoms with Gasteiger partial charge in [0.25, 0.3) is 0 Å². The van der Waals surface area contributed by atoms with Gasteiger partial charge >= 0.3 is 0 Å². The summed E-state index contributed by atoms with van der Waals surface area (Å²) < 4.78 is 0. The number of nitrogens with one attached hydrogen (secondary N) is 1. The lowest BCUT2D eigenvalue weighted by atomic mass is 10.1. The maximum atomic E-state index is 10.1. The zero-order valence-corrected chi connectivity index (χ0v) is 12.1. The van der Waals surface area contributed by atoms with Crippen LogP contribution in [-0.2, 0) is 0 Å². The SMILES string of the molecule is CC(CC(O)c1cccs1)NC(C)c1ccccn1. The predicted molar refractivity (Wildman–Crippen MR) is 79.1 cm³/mol. The van der Waals surface area contributed by atoms with Crippen LogP contribution in [0.25, 0.3) is 0 Å². The van der Waals surface area contributed by atoms with Crippen molar-refractivity contribution in [1.82, 2.24) is 10.3 Å². The normalized spacial score (nSPS) is 15.9. The molecule has 0 saturated carbocycles. The smallest absolute Gasteiger partial charge is 0.0896 e. The first kappa shape index (κ1) is 14.2. The van der Waals surface area contributed by atoms with Gasteiger partial charge in [0.2, 0.25) is 0 Å². The topological polar surface area (TPSA) is 45.1 Å². The van der Waals surface area contributed by atoms with Crippen LogP contribution in [0.4, 0.5) is 0 Å². The predicted octanol–water partition coefficient (Wildman–Crippen LogP) is 3.31. The molecule has 3 atom stereocenters. The van der Waals surface area contributed by atoms with E-state index >= 15 is 0 Å². The maximum absolute atomic E-state index is 10.1. The molecule has 0 amide bonds. The molecule has 19 heavy (non-hydrogen) atoms. The van der Waals surface area contributed by atoms with E-state index in [1.807, 2.05) is 35.7 Å².